The fourth-order valence-electron chi connectivity index (χ4n) is 2.60. The molecule has 0 radical (unpaired) electrons. The Morgan fingerprint density at radius 2 is 1.63 bits per heavy atom. The Bertz CT molecular complexity index is 997. The molecule has 0 aromatic carbocycles. The van der Waals surface area contributed by atoms with Gasteiger partial charge in [0.15, 0.2) is 0 Å². The molecule has 3 heterocycles. The zero-order valence-electron chi connectivity index (χ0n) is 15.9. The molecule has 1 atom stereocenters. The molecular formula is C17H22N8O2. The van der Waals surface area contributed by atoms with Crippen LogP contribution in [0.3, 0.4) is 0 Å². The third kappa shape index (κ3) is 3.59. The number of carbonyl (C=O) groups excluding carboxylic acids is 2. The summed E-state index contributed by atoms with van der Waals surface area (Å²) >= 11 is 0. The van der Waals surface area contributed by atoms with Gasteiger partial charge in [0.05, 0.1) is 35.7 Å². The van der Waals surface area contributed by atoms with Crippen LogP contribution in [0.4, 0.5) is 11.4 Å². The van der Waals surface area contributed by atoms with Crippen LogP contribution in [0.2, 0.25) is 0 Å². The van der Waals surface area contributed by atoms with Crippen molar-refractivity contribution in [1.29, 1.82) is 0 Å². The fourth-order valence-corrected chi connectivity index (χ4v) is 2.60. The highest BCUT2D eigenvalue weighted by Gasteiger charge is 2.23. The maximum absolute atomic E-state index is 12.7. The van der Waals surface area contributed by atoms with Crippen molar-refractivity contribution >= 4 is 23.2 Å². The summed E-state index contributed by atoms with van der Waals surface area (Å²) in [6.07, 6.45) is 6.49. The summed E-state index contributed by atoms with van der Waals surface area (Å²) < 4.78 is 4.65. The first-order valence-electron chi connectivity index (χ1n) is 8.41. The molecule has 3 aromatic rings. The molecular weight excluding hydrogens is 348 g/mol. The van der Waals surface area contributed by atoms with Crippen molar-refractivity contribution < 1.29 is 9.59 Å². The number of aromatic nitrogens is 6. The van der Waals surface area contributed by atoms with Gasteiger partial charge in [-0.25, -0.2) is 0 Å². The molecule has 0 spiro atoms. The number of aryl methyl sites for hydroxylation is 3. The predicted octanol–water partition coefficient (Wildman–Crippen LogP) is 1.42. The van der Waals surface area contributed by atoms with E-state index in [0.29, 0.717) is 11.4 Å². The normalized spacial score (nSPS) is 12.0. The van der Waals surface area contributed by atoms with Crippen LogP contribution in [0.15, 0.2) is 24.8 Å². The fraction of sp³-hybridized carbons (Fsp3) is 0.353. The summed E-state index contributed by atoms with van der Waals surface area (Å²) in [6.45, 7) is 5.48. The van der Waals surface area contributed by atoms with E-state index in [1.807, 2.05) is 13.8 Å². The molecule has 1 unspecified atom stereocenters. The molecule has 0 bridgehead atoms. The summed E-state index contributed by atoms with van der Waals surface area (Å²) in [7, 11) is 3.43. The maximum Gasteiger partial charge on any atom is 0.276 e. The molecule has 0 aliphatic heterocycles. The average molecular weight is 370 g/mol. The van der Waals surface area contributed by atoms with Crippen molar-refractivity contribution in [2.75, 3.05) is 10.6 Å². The SMILES string of the molecule is Cc1cnn(C(C)C(=O)Nc2cnn(C)c2C(=O)Nc2cnn(C)c2C)c1. The number of hydrogen-bond donors (Lipinski definition) is 2. The Balaban J connectivity index is 1.78. The number of rotatable bonds is 5. The van der Waals surface area contributed by atoms with Gasteiger partial charge in [-0.15, -0.1) is 0 Å². The van der Waals surface area contributed by atoms with E-state index in [2.05, 4.69) is 25.9 Å². The molecule has 142 valence electrons. The second kappa shape index (κ2) is 7.06. The Labute approximate surface area is 156 Å². The highest BCUT2D eigenvalue weighted by Crippen LogP contribution is 2.20. The van der Waals surface area contributed by atoms with Gasteiger partial charge in [0.25, 0.3) is 5.91 Å². The van der Waals surface area contributed by atoms with Gasteiger partial charge < -0.3 is 10.6 Å². The second-order valence-corrected chi connectivity index (χ2v) is 6.41. The zero-order chi connectivity index (χ0) is 19.7. The number of hydrogen-bond acceptors (Lipinski definition) is 5. The Morgan fingerprint density at radius 3 is 2.22 bits per heavy atom. The van der Waals surface area contributed by atoms with Crippen molar-refractivity contribution in [3.05, 3.63) is 41.7 Å². The molecule has 27 heavy (non-hydrogen) atoms. The molecule has 0 aliphatic carbocycles. The number of carbonyl (C=O) groups is 2. The smallest absolute Gasteiger partial charge is 0.276 e. The van der Waals surface area contributed by atoms with E-state index in [1.165, 1.54) is 10.9 Å². The minimum Gasteiger partial charge on any atom is -0.321 e. The van der Waals surface area contributed by atoms with Gasteiger partial charge in [0, 0.05) is 20.3 Å². The van der Waals surface area contributed by atoms with Crippen molar-refractivity contribution in [3.63, 3.8) is 0 Å². The first-order valence-corrected chi connectivity index (χ1v) is 8.41. The number of nitrogens with one attached hydrogen (secondary N) is 2. The van der Waals surface area contributed by atoms with Crippen LogP contribution in [0, 0.1) is 13.8 Å². The van der Waals surface area contributed by atoms with E-state index in [0.717, 1.165) is 11.3 Å². The first kappa shape index (κ1) is 18.4. The van der Waals surface area contributed by atoms with Gasteiger partial charge in [-0.2, -0.15) is 15.3 Å². The molecule has 10 heteroatoms. The van der Waals surface area contributed by atoms with Gasteiger partial charge >= 0.3 is 0 Å². The lowest BCUT2D eigenvalue weighted by Crippen LogP contribution is -2.26. The standard InChI is InChI=1S/C17H22N8O2/c1-10-6-20-25(9-10)12(3)16(26)22-14-8-19-24(5)15(14)17(27)21-13-7-18-23(4)11(13)2/h6-9,12H,1-5H3,(H,21,27)(H,22,26). The molecule has 0 aliphatic rings. The quantitative estimate of drug-likeness (QED) is 0.705. The topological polar surface area (TPSA) is 112 Å². The number of amides is 2. The summed E-state index contributed by atoms with van der Waals surface area (Å²) in [5, 5.41) is 17.9. The van der Waals surface area contributed by atoms with E-state index in [-0.39, 0.29) is 17.5 Å². The van der Waals surface area contributed by atoms with Crippen LogP contribution in [-0.2, 0) is 18.9 Å². The van der Waals surface area contributed by atoms with Crippen LogP contribution in [0.1, 0.15) is 34.7 Å². The van der Waals surface area contributed by atoms with E-state index in [4.69, 9.17) is 0 Å². The number of anilines is 2. The summed E-state index contributed by atoms with van der Waals surface area (Å²) in [4.78, 5) is 25.3. The number of nitrogens with zero attached hydrogens (tertiary/aromatic N) is 6. The van der Waals surface area contributed by atoms with Crippen molar-refractivity contribution in [1.82, 2.24) is 29.3 Å². The maximum atomic E-state index is 12.7. The predicted molar refractivity (Wildman–Crippen MR) is 99.4 cm³/mol. The van der Waals surface area contributed by atoms with Gasteiger partial charge in [0.2, 0.25) is 5.91 Å². The minimum absolute atomic E-state index is 0.246. The third-order valence-corrected chi connectivity index (χ3v) is 4.40. The van der Waals surface area contributed by atoms with Crippen LogP contribution >= 0.6 is 0 Å². The minimum atomic E-state index is -0.532. The molecule has 10 nitrogen and oxygen atoms in total. The van der Waals surface area contributed by atoms with E-state index in [1.54, 1.807) is 49.0 Å². The van der Waals surface area contributed by atoms with Crippen LogP contribution in [-0.4, -0.2) is 41.2 Å². The van der Waals surface area contributed by atoms with Crippen molar-refractivity contribution in [2.45, 2.75) is 26.8 Å². The van der Waals surface area contributed by atoms with Gasteiger partial charge in [-0.3, -0.25) is 23.6 Å². The zero-order valence-corrected chi connectivity index (χ0v) is 15.9. The second-order valence-electron chi connectivity index (χ2n) is 6.41. The molecule has 3 aromatic heterocycles. The lowest BCUT2D eigenvalue weighted by Gasteiger charge is -2.13. The van der Waals surface area contributed by atoms with Crippen molar-refractivity contribution in [3.8, 4) is 0 Å². The lowest BCUT2D eigenvalue weighted by molar-refractivity contribution is -0.119. The summed E-state index contributed by atoms with van der Waals surface area (Å²) in [5.74, 6) is -0.679. The van der Waals surface area contributed by atoms with Crippen molar-refractivity contribution in [2.24, 2.45) is 14.1 Å². The van der Waals surface area contributed by atoms with E-state index < -0.39 is 6.04 Å². The molecule has 2 amide bonds. The largest absolute Gasteiger partial charge is 0.321 e. The molecule has 0 fully saturated rings. The monoisotopic (exact) mass is 370 g/mol. The van der Waals surface area contributed by atoms with Crippen LogP contribution in [0.5, 0.6) is 0 Å². The Morgan fingerprint density at radius 1 is 0.963 bits per heavy atom. The van der Waals surface area contributed by atoms with Gasteiger partial charge in [0.1, 0.15) is 11.7 Å². The molecule has 0 saturated heterocycles. The van der Waals surface area contributed by atoms with Gasteiger partial charge in [-0.1, -0.05) is 0 Å². The Hall–Kier alpha value is -3.43. The highest BCUT2D eigenvalue weighted by molar-refractivity contribution is 6.09. The molecule has 3 rings (SSSR count). The average Bonchev–Trinajstić information content (AvgIpc) is 3.30. The molecule has 2 N–H and O–H groups in total. The lowest BCUT2D eigenvalue weighted by atomic mass is 10.2. The molecule has 0 saturated carbocycles. The third-order valence-electron chi connectivity index (χ3n) is 4.40. The summed E-state index contributed by atoms with van der Waals surface area (Å²) in [6, 6.07) is -0.532. The van der Waals surface area contributed by atoms with Crippen LogP contribution in [0.25, 0.3) is 0 Å². The van der Waals surface area contributed by atoms with Crippen LogP contribution < -0.4 is 10.6 Å². The van der Waals surface area contributed by atoms with E-state index in [9.17, 15) is 9.59 Å². The summed E-state index contributed by atoms with van der Waals surface area (Å²) in [5.41, 5.74) is 2.95. The van der Waals surface area contributed by atoms with Gasteiger partial charge in [-0.05, 0) is 26.3 Å². The van der Waals surface area contributed by atoms with E-state index >= 15 is 0 Å². The highest BCUT2D eigenvalue weighted by atomic mass is 16.2. The first-order chi connectivity index (χ1) is 12.8. The Kier molecular flexibility index (Phi) is 4.80.